The highest BCUT2D eigenvalue weighted by molar-refractivity contribution is 7.80. The highest BCUT2D eigenvalue weighted by atomic mass is 32.1. The SMILES string of the molecule is COc1ccc(N2C(=S)NC(=O)[C@@H](C#N)C23CCCCC3)cc1. The van der Waals surface area contributed by atoms with E-state index in [-0.39, 0.29) is 5.91 Å². The van der Waals surface area contributed by atoms with Crippen LogP contribution in [-0.4, -0.2) is 23.7 Å². The third-order valence-corrected chi connectivity index (χ3v) is 5.14. The molecule has 1 aliphatic carbocycles. The monoisotopic (exact) mass is 329 g/mol. The number of hydrogen-bond acceptors (Lipinski definition) is 4. The van der Waals surface area contributed by atoms with Gasteiger partial charge in [-0.15, -0.1) is 0 Å². The topological polar surface area (TPSA) is 65.4 Å². The lowest BCUT2D eigenvalue weighted by atomic mass is 9.70. The number of benzene rings is 1. The summed E-state index contributed by atoms with van der Waals surface area (Å²) in [4.78, 5) is 14.3. The minimum atomic E-state index is -0.711. The summed E-state index contributed by atoms with van der Waals surface area (Å²) >= 11 is 5.46. The fourth-order valence-electron chi connectivity index (χ4n) is 3.77. The van der Waals surface area contributed by atoms with Gasteiger partial charge in [-0.05, 0) is 49.3 Å². The van der Waals surface area contributed by atoms with Crippen LogP contribution in [0.5, 0.6) is 5.75 Å². The molecule has 6 heteroatoms. The molecular weight excluding hydrogens is 310 g/mol. The Morgan fingerprint density at radius 1 is 1.30 bits per heavy atom. The number of hydrogen-bond donors (Lipinski definition) is 1. The molecule has 23 heavy (non-hydrogen) atoms. The molecule has 2 aliphatic rings. The number of nitriles is 1. The van der Waals surface area contributed by atoms with Crippen LogP contribution in [0.1, 0.15) is 32.1 Å². The van der Waals surface area contributed by atoms with E-state index in [2.05, 4.69) is 11.4 Å². The lowest BCUT2D eigenvalue weighted by Crippen LogP contribution is -2.68. The Bertz CT molecular complexity index is 659. The fraction of sp³-hybridized carbons (Fsp3) is 0.471. The van der Waals surface area contributed by atoms with E-state index >= 15 is 0 Å². The van der Waals surface area contributed by atoms with Gasteiger partial charge in [-0.2, -0.15) is 5.26 Å². The van der Waals surface area contributed by atoms with Gasteiger partial charge in [0.1, 0.15) is 11.7 Å². The molecule has 1 aromatic carbocycles. The van der Waals surface area contributed by atoms with Crippen LogP contribution in [0.3, 0.4) is 0 Å². The zero-order valence-corrected chi connectivity index (χ0v) is 13.9. The molecule has 120 valence electrons. The number of nitrogens with one attached hydrogen (secondary N) is 1. The molecule has 1 aliphatic heterocycles. The molecule has 1 amide bonds. The number of anilines is 1. The molecule has 0 aromatic heterocycles. The maximum atomic E-state index is 12.3. The second kappa shape index (κ2) is 6.17. The lowest BCUT2D eigenvalue weighted by molar-refractivity contribution is -0.124. The fourth-order valence-corrected chi connectivity index (χ4v) is 4.16. The summed E-state index contributed by atoms with van der Waals surface area (Å²) in [5.41, 5.74) is 0.346. The number of thiocarbonyl (C=S) groups is 1. The van der Waals surface area contributed by atoms with E-state index in [1.54, 1.807) is 7.11 Å². The van der Waals surface area contributed by atoms with E-state index in [1.165, 1.54) is 0 Å². The first-order valence-electron chi connectivity index (χ1n) is 7.81. The Hall–Kier alpha value is -2.13. The molecule has 1 N–H and O–H groups in total. The van der Waals surface area contributed by atoms with E-state index in [9.17, 15) is 10.1 Å². The van der Waals surface area contributed by atoms with E-state index < -0.39 is 11.5 Å². The largest absolute Gasteiger partial charge is 0.497 e. The highest BCUT2D eigenvalue weighted by Crippen LogP contribution is 2.44. The van der Waals surface area contributed by atoms with Crippen molar-refractivity contribution in [3.8, 4) is 11.8 Å². The molecule has 1 heterocycles. The normalized spacial score (nSPS) is 23.3. The molecule has 2 fully saturated rings. The minimum absolute atomic E-state index is 0.274. The van der Waals surface area contributed by atoms with Crippen molar-refractivity contribution >= 4 is 28.9 Å². The average Bonchev–Trinajstić information content (AvgIpc) is 2.56. The van der Waals surface area contributed by atoms with Crippen molar-refractivity contribution in [3.05, 3.63) is 24.3 Å². The number of methoxy groups -OCH3 is 1. The number of ether oxygens (including phenoxy) is 1. The van der Waals surface area contributed by atoms with Gasteiger partial charge in [0, 0.05) is 5.69 Å². The zero-order chi connectivity index (χ0) is 16.4. The van der Waals surface area contributed by atoms with Crippen molar-refractivity contribution in [1.82, 2.24) is 5.32 Å². The van der Waals surface area contributed by atoms with Crippen LogP contribution in [0.2, 0.25) is 0 Å². The first-order valence-corrected chi connectivity index (χ1v) is 8.22. The van der Waals surface area contributed by atoms with Crippen molar-refractivity contribution in [2.75, 3.05) is 12.0 Å². The van der Waals surface area contributed by atoms with Crippen LogP contribution in [0.15, 0.2) is 24.3 Å². The Balaban J connectivity index is 2.08. The molecule has 0 unspecified atom stereocenters. The molecule has 5 nitrogen and oxygen atoms in total. The number of carbonyl (C=O) groups is 1. The molecule has 1 spiro atoms. The summed E-state index contributed by atoms with van der Waals surface area (Å²) < 4.78 is 5.21. The summed E-state index contributed by atoms with van der Waals surface area (Å²) in [6.07, 6.45) is 4.72. The molecule has 1 aromatic rings. The molecule has 1 saturated carbocycles. The summed E-state index contributed by atoms with van der Waals surface area (Å²) in [6, 6.07) is 9.80. The van der Waals surface area contributed by atoms with Gasteiger partial charge < -0.3 is 15.0 Å². The van der Waals surface area contributed by atoms with Crippen molar-refractivity contribution < 1.29 is 9.53 Å². The zero-order valence-electron chi connectivity index (χ0n) is 13.0. The van der Waals surface area contributed by atoms with Gasteiger partial charge in [0.2, 0.25) is 5.91 Å². The van der Waals surface area contributed by atoms with E-state index in [4.69, 9.17) is 17.0 Å². The van der Waals surface area contributed by atoms with Crippen molar-refractivity contribution in [1.29, 1.82) is 5.26 Å². The number of rotatable bonds is 2. The summed E-state index contributed by atoms with van der Waals surface area (Å²) in [7, 11) is 1.62. The molecule has 3 rings (SSSR count). The van der Waals surface area contributed by atoms with Crippen LogP contribution in [0, 0.1) is 17.2 Å². The Morgan fingerprint density at radius 3 is 2.52 bits per heavy atom. The second-order valence-electron chi connectivity index (χ2n) is 6.05. The average molecular weight is 329 g/mol. The van der Waals surface area contributed by atoms with Gasteiger partial charge in [-0.3, -0.25) is 4.79 Å². The Morgan fingerprint density at radius 2 is 1.96 bits per heavy atom. The van der Waals surface area contributed by atoms with Crippen molar-refractivity contribution in [3.63, 3.8) is 0 Å². The van der Waals surface area contributed by atoms with E-state index in [0.29, 0.717) is 5.11 Å². The van der Waals surface area contributed by atoms with Crippen LogP contribution in [0.25, 0.3) is 0 Å². The standard InChI is InChI=1S/C17H19N3O2S/c1-22-13-7-5-12(6-8-13)20-16(23)19-15(21)14(11-18)17(20)9-3-2-4-10-17/h5-8,14H,2-4,9-10H2,1H3,(H,19,21,23)/t14-/m1/s1. The third kappa shape index (κ3) is 2.55. The lowest BCUT2D eigenvalue weighted by Gasteiger charge is -2.52. The molecule has 0 bridgehead atoms. The van der Waals surface area contributed by atoms with E-state index in [1.807, 2.05) is 29.2 Å². The predicted molar refractivity (Wildman–Crippen MR) is 91.1 cm³/mol. The van der Waals surface area contributed by atoms with Crippen LogP contribution in [-0.2, 0) is 4.79 Å². The van der Waals surface area contributed by atoms with Crippen LogP contribution >= 0.6 is 12.2 Å². The van der Waals surface area contributed by atoms with Gasteiger partial charge in [0.15, 0.2) is 5.11 Å². The first-order chi connectivity index (χ1) is 11.1. The van der Waals surface area contributed by atoms with Crippen LogP contribution in [0.4, 0.5) is 5.69 Å². The predicted octanol–water partition coefficient (Wildman–Crippen LogP) is 2.76. The number of amides is 1. The van der Waals surface area contributed by atoms with Crippen molar-refractivity contribution in [2.45, 2.75) is 37.6 Å². The second-order valence-corrected chi connectivity index (χ2v) is 6.44. The Kier molecular flexibility index (Phi) is 4.22. The third-order valence-electron chi connectivity index (χ3n) is 4.86. The smallest absolute Gasteiger partial charge is 0.245 e. The molecule has 1 saturated heterocycles. The molecular formula is C17H19N3O2S. The Labute approximate surface area is 141 Å². The van der Waals surface area contributed by atoms with Crippen LogP contribution < -0.4 is 15.0 Å². The van der Waals surface area contributed by atoms with Gasteiger partial charge in [0.25, 0.3) is 0 Å². The van der Waals surface area contributed by atoms with Gasteiger partial charge in [-0.25, -0.2) is 0 Å². The summed E-state index contributed by atoms with van der Waals surface area (Å²) in [6.45, 7) is 0. The number of nitrogens with zero attached hydrogens (tertiary/aromatic N) is 2. The highest BCUT2D eigenvalue weighted by Gasteiger charge is 2.53. The van der Waals surface area contributed by atoms with Gasteiger partial charge >= 0.3 is 0 Å². The maximum Gasteiger partial charge on any atom is 0.245 e. The minimum Gasteiger partial charge on any atom is -0.497 e. The summed E-state index contributed by atoms with van der Waals surface area (Å²) in [5, 5.41) is 12.7. The van der Waals surface area contributed by atoms with Gasteiger partial charge in [0.05, 0.1) is 18.7 Å². The molecule has 0 radical (unpaired) electrons. The summed E-state index contributed by atoms with van der Waals surface area (Å²) in [5.74, 6) is -0.226. The maximum absolute atomic E-state index is 12.3. The van der Waals surface area contributed by atoms with E-state index in [0.717, 1.165) is 43.5 Å². The molecule has 1 atom stereocenters. The first kappa shape index (κ1) is 15.8. The van der Waals surface area contributed by atoms with Crippen molar-refractivity contribution in [2.24, 2.45) is 5.92 Å². The quantitative estimate of drug-likeness (QED) is 0.845. The van der Waals surface area contributed by atoms with Gasteiger partial charge in [-0.1, -0.05) is 19.3 Å². The number of carbonyl (C=O) groups excluding carboxylic acids is 1.